The summed E-state index contributed by atoms with van der Waals surface area (Å²) in [4.78, 5) is 13.7. The number of halogens is 1. The third-order valence-corrected chi connectivity index (χ3v) is 3.49. The maximum Gasteiger partial charge on any atom is 0.257 e. The Balaban J connectivity index is 2.19. The van der Waals surface area contributed by atoms with Crippen LogP contribution in [0.2, 0.25) is 0 Å². The largest absolute Gasteiger partial charge is 0.507 e. The summed E-state index contributed by atoms with van der Waals surface area (Å²) < 4.78 is 13.1. The molecular formula is C13H17FN2O2. The van der Waals surface area contributed by atoms with Gasteiger partial charge < -0.3 is 15.7 Å². The van der Waals surface area contributed by atoms with Crippen LogP contribution in [0.15, 0.2) is 18.2 Å². The highest BCUT2D eigenvalue weighted by Crippen LogP contribution is 2.23. The number of aromatic hydroxyl groups is 1. The molecule has 2 atom stereocenters. The van der Waals surface area contributed by atoms with E-state index in [0.29, 0.717) is 19.0 Å². The molecule has 3 N–H and O–H groups in total. The smallest absolute Gasteiger partial charge is 0.257 e. The molecule has 1 aromatic rings. The van der Waals surface area contributed by atoms with Gasteiger partial charge in [0.15, 0.2) is 0 Å². The molecule has 1 aliphatic heterocycles. The molecule has 1 saturated heterocycles. The number of carbonyl (C=O) groups excluding carboxylic acids is 1. The average Bonchev–Trinajstić information content (AvgIpc) is 2.35. The number of likely N-dealkylation sites (tertiary alicyclic amines) is 1. The van der Waals surface area contributed by atoms with Crippen molar-refractivity contribution in [2.75, 3.05) is 13.1 Å². The first-order chi connectivity index (χ1) is 8.49. The van der Waals surface area contributed by atoms with Gasteiger partial charge in [-0.25, -0.2) is 4.39 Å². The Morgan fingerprint density at radius 1 is 1.56 bits per heavy atom. The van der Waals surface area contributed by atoms with E-state index in [-0.39, 0.29) is 23.3 Å². The lowest BCUT2D eigenvalue weighted by molar-refractivity contribution is 0.0669. The first-order valence-electron chi connectivity index (χ1n) is 6.02. The van der Waals surface area contributed by atoms with Crippen molar-refractivity contribution in [3.05, 3.63) is 29.6 Å². The summed E-state index contributed by atoms with van der Waals surface area (Å²) in [7, 11) is 0. The molecule has 98 valence electrons. The number of nitrogens with zero attached hydrogens (tertiary/aromatic N) is 1. The second-order valence-electron chi connectivity index (χ2n) is 4.84. The Hall–Kier alpha value is -1.62. The monoisotopic (exact) mass is 252 g/mol. The Kier molecular flexibility index (Phi) is 3.52. The van der Waals surface area contributed by atoms with Crippen molar-refractivity contribution in [1.82, 2.24) is 4.90 Å². The van der Waals surface area contributed by atoms with E-state index in [1.807, 2.05) is 6.92 Å². The zero-order valence-electron chi connectivity index (χ0n) is 10.3. The van der Waals surface area contributed by atoms with Crippen molar-refractivity contribution in [3.63, 3.8) is 0 Å². The highest BCUT2D eigenvalue weighted by Gasteiger charge is 2.28. The van der Waals surface area contributed by atoms with E-state index < -0.39 is 5.82 Å². The summed E-state index contributed by atoms with van der Waals surface area (Å²) >= 11 is 0. The molecule has 0 bridgehead atoms. The second-order valence-corrected chi connectivity index (χ2v) is 4.84. The van der Waals surface area contributed by atoms with E-state index in [1.165, 1.54) is 6.07 Å². The molecular weight excluding hydrogens is 235 g/mol. The van der Waals surface area contributed by atoms with Gasteiger partial charge in [-0.05, 0) is 30.5 Å². The minimum atomic E-state index is -0.536. The molecule has 2 unspecified atom stereocenters. The van der Waals surface area contributed by atoms with Crippen LogP contribution >= 0.6 is 0 Å². The Morgan fingerprint density at radius 2 is 2.28 bits per heavy atom. The van der Waals surface area contributed by atoms with E-state index in [2.05, 4.69) is 0 Å². The molecule has 5 heteroatoms. The van der Waals surface area contributed by atoms with Crippen LogP contribution in [0, 0.1) is 11.7 Å². The van der Waals surface area contributed by atoms with Crippen LogP contribution < -0.4 is 5.73 Å². The first-order valence-corrected chi connectivity index (χ1v) is 6.02. The summed E-state index contributed by atoms with van der Waals surface area (Å²) in [5.74, 6) is -0.732. The molecule has 0 aliphatic carbocycles. The minimum Gasteiger partial charge on any atom is -0.507 e. The Bertz CT molecular complexity index is 464. The van der Waals surface area contributed by atoms with Gasteiger partial charge in [0.05, 0.1) is 5.56 Å². The first kappa shape index (κ1) is 12.8. The van der Waals surface area contributed by atoms with Gasteiger partial charge in [-0.1, -0.05) is 6.92 Å². The van der Waals surface area contributed by atoms with Gasteiger partial charge in [0.1, 0.15) is 11.6 Å². The predicted molar refractivity (Wildman–Crippen MR) is 65.7 cm³/mol. The standard InChI is InChI=1S/C13H17FN2O2/c1-8-4-5-16(7-11(8)15)13(18)10-6-9(14)2-3-12(10)17/h2-3,6,8,11,17H,4-5,7,15H2,1H3. The minimum absolute atomic E-state index is 0.00301. The van der Waals surface area contributed by atoms with Crippen LogP contribution in [-0.2, 0) is 0 Å². The SMILES string of the molecule is CC1CCN(C(=O)c2cc(F)ccc2O)CC1N. The molecule has 2 rings (SSSR count). The van der Waals surface area contributed by atoms with Crippen molar-refractivity contribution in [2.45, 2.75) is 19.4 Å². The number of phenols is 1. The number of phenolic OH excluding ortho intramolecular Hbond substituents is 1. The molecule has 1 aliphatic rings. The molecule has 1 fully saturated rings. The number of hydrogen-bond donors (Lipinski definition) is 2. The van der Waals surface area contributed by atoms with E-state index in [9.17, 15) is 14.3 Å². The molecule has 0 spiro atoms. The number of piperidine rings is 1. The topological polar surface area (TPSA) is 66.6 Å². The van der Waals surface area contributed by atoms with Crippen molar-refractivity contribution in [2.24, 2.45) is 11.7 Å². The third kappa shape index (κ3) is 2.46. The fourth-order valence-electron chi connectivity index (χ4n) is 2.13. The molecule has 4 nitrogen and oxygen atoms in total. The highest BCUT2D eigenvalue weighted by molar-refractivity contribution is 5.96. The normalized spacial score (nSPS) is 24.1. The summed E-state index contributed by atoms with van der Waals surface area (Å²) in [6.07, 6.45) is 0.822. The highest BCUT2D eigenvalue weighted by atomic mass is 19.1. The number of nitrogens with two attached hydrogens (primary N) is 1. The van der Waals surface area contributed by atoms with Gasteiger partial charge >= 0.3 is 0 Å². The zero-order chi connectivity index (χ0) is 13.3. The van der Waals surface area contributed by atoms with Crippen LogP contribution in [0.3, 0.4) is 0 Å². The van der Waals surface area contributed by atoms with Gasteiger partial charge in [-0.3, -0.25) is 4.79 Å². The van der Waals surface area contributed by atoms with Gasteiger partial charge in [0, 0.05) is 19.1 Å². The Morgan fingerprint density at radius 3 is 2.94 bits per heavy atom. The quantitative estimate of drug-likeness (QED) is 0.792. The lowest BCUT2D eigenvalue weighted by atomic mass is 9.94. The lowest BCUT2D eigenvalue weighted by Crippen LogP contribution is -2.49. The van der Waals surface area contributed by atoms with Crippen LogP contribution in [0.4, 0.5) is 4.39 Å². The lowest BCUT2D eigenvalue weighted by Gasteiger charge is -2.35. The fourth-order valence-corrected chi connectivity index (χ4v) is 2.13. The second kappa shape index (κ2) is 4.94. The molecule has 0 saturated carbocycles. The Labute approximate surface area is 105 Å². The van der Waals surface area contributed by atoms with Crippen molar-refractivity contribution < 1.29 is 14.3 Å². The van der Waals surface area contributed by atoms with E-state index in [0.717, 1.165) is 18.6 Å². The summed E-state index contributed by atoms with van der Waals surface area (Å²) in [6, 6.07) is 3.30. The van der Waals surface area contributed by atoms with Crippen LogP contribution in [0.25, 0.3) is 0 Å². The van der Waals surface area contributed by atoms with Gasteiger partial charge in [-0.2, -0.15) is 0 Å². The van der Waals surface area contributed by atoms with Gasteiger partial charge in [-0.15, -0.1) is 0 Å². The van der Waals surface area contributed by atoms with E-state index >= 15 is 0 Å². The van der Waals surface area contributed by atoms with Crippen molar-refractivity contribution in [3.8, 4) is 5.75 Å². The zero-order valence-corrected chi connectivity index (χ0v) is 10.3. The van der Waals surface area contributed by atoms with Gasteiger partial charge in [0.2, 0.25) is 0 Å². The maximum atomic E-state index is 13.1. The molecule has 18 heavy (non-hydrogen) atoms. The van der Waals surface area contributed by atoms with Crippen molar-refractivity contribution in [1.29, 1.82) is 0 Å². The average molecular weight is 252 g/mol. The maximum absolute atomic E-state index is 13.1. The summed E-state index contributed by atoms with van der Waals surface area (Å²) in [6.45, 7) is 3.08. The predicted octanol–water partition coefficient (Wildman–Crippen LogP) is 1.34. The molecule has 1 heterocycles. The molecule has 1 amide bonds. The number of benzene rings is 1. The molecule has 0 radical (unpaired) electrons. The van der Waals surface area contributed by atoms with E-state index in [1.54, 1.807) is 4.90 Å². The molecule has 1 aromatic carbocycles. The fraction of sp³-hybridized carbons (Fsp3) is 0.462. The van der Waals surface area contributed by atoms with Crippen LogP contribution in [0.1, 0.15) is 23.7 Å². The van der Waals surface area contributed by atoms with E-state index in [4.69, 9.17) is 5.73 Å². The summed E-state index contributed by atoms with van der Waals surface area (Å²) in [5.41, 5.74) is 5.92. The number of rotatable bonds is 1. The van der Waals surface area contributed by atoms with Gasteiger partial charge in [0.25, 0.3) is 5.91 Å². The molecule has 0 aromatic heterocycles. The van der Waals surface area contributed by atoms with Crippen molar-refractivity contribution >= 4 is 5.91 Å². The number of hydrogen-bond acceptors (Lipinski definition) is 3. The van der Waals surface area contributed by atoms with Crippen LogP contribution in [-0.4, -0.2) is 35.0 Å². The number of amides is 1. The van der Waals surface area contributed by atoms with Crippen LogP contribution in [0.5, 0.6) is 5.75 Å². The summed E-state index contributed by atoms with van der Waals surface area (Å²) in [5, 5.41) is 9.61. The third-order valence-electron chi connectivity index (χ3n) is 3.49. The number of carbonyl (C=O) groups is 1.